The second-order valence-electron chi connectivity index (χ2n) is 4.25. The van der Waals surface area contributed by atoms with Crippen molar-refractivity contribution in [3.8, 4) is 6.07 Å². The third-order valence-electron chi connectivity index (χ3n) is 2.72. The van der Waals surface area contributed by atoms with E-state index in [-0.39, 0.29) is 6.54 Å². The zero-order chi connectivity index (χ0) is 15.3. The van der Waals surface area contributed by atoms with Gasteiger partial charge < -0.3 is 11.5 Å². The Morgan fingerprint density at radius 1 is 1.45 bits per heavy atom. The van der Waals surface area contributed by atoms with Crippen LogP contribution in [0.1, 0.15) is 12.5 Å². The van der Waals surface area contributed by atoms with Gasteiger partial charge in [-0.3, -0.25) is 4.79 Å². The Balaban J connectivity index is 3.12. The van der Waals surface area contributed by atoms with Gasteiger partial charge in [0.1, 0.15) is 0 Å². The van der Waals surface area contributed by atoms with E-state index in [0.29, 0.717) is 11.3 Å². The van der Waals surface area contributed by atoms with Gasteiger partial charge in [-0.15, -0.1) is 0 Å². The van der Waals surface area contributed by atoms with E-state index in [1.54, 1.807) is 30.3 Å². The minimum absolute atomic E-state index is 0.107. The summed E-state index contributed by atoms with van der Waals surface area (Å²) >= 11 is 0. The van der Waals surface area contributed by atoms with Crippen molar-refractivity contribution in [2.45, 2.75) is 18.7 Å². The van der Waals surface area contributed by atoms with Crippen molar-refractivity contribution < 1.29 is 13.2 Å². The molecule has 0 spiro atoms. The van der Waals surface area contributed by atoms with Gasteiger partial charge in [-0.05, 0) is 18.6 Å². The smallest absolute Gasteiger partial charge is 0.232 e. The average Bonchev–Trinajstić information content (AvgIpc) is 2.38. The molecule has 7 nitrogen and oxygen atoms in total. The van der Waals surface area contributed by atoms with Gasteiger partial charge in [-0.2, -0.15) is 9.57 Å². The Labute approximate surface area is 117 Å². The van der Waals surface area contributed by atoms with E-state index in [9.17, 15) is 13.2 Å². The molecule has 1 rings (SSSR count). The van der Waals surface area contributed by atoms with Crippen LogP contribution in [0.4, 0.5) is 5.69 Å². The Morgan fingerprint density at radius 3 is 2.55 bits per heavy atom. The second-order valence-corrected chi connectivity index (χ2v) is 6.50. The molecule has 0 saturated heterocycles. The van der Waals surface area contributed by atoms with Gasteiger partial charge in [0, 0.05) is 12.2 Å². The molecule has 0 aliphatic carbocycles. The molecule has 0 aromatic heterocycles. The van der Waals surface area contributed by atoms with Crippen LogP contribution in [-0.4, -0.2) is 30.4 Å². The molecule has 0 aliphatic rings. The fourth-order valence-corrected chi connectivity index (χ4v) is 2.77. The maximum Gasteiger partial charge on any atom is 0.232 e. The van der Waals surface area contributed by atoms with Gasteiger partial charge in [0.15, 0.2) is 5.25 Å². The number of anilines is 1. The van der Waals surface area contributed by atoms with Crippen LogP contribution in [0.3, 0.4) is 0 Å². The molecule has 0 radical (unpaired) electrons. The highest BCUT2D eigenvalue weighted by Gasteiger charge is 2.30. The molecule has 1 atom stereocenters. The monoisotopic (exact) mass is 296 g/mol. The molecule has 1 amide bonds. The molecule has 20 heavy (non-hydrogen) atoms. The Kier molecular flexibility index (Phi) is 5.07. The first-order valence-electron chi connectivity index (χ1n) is 5.79. The molecule has 1 unspecified atom stereocenters. The van der Waals surface area contributed by atoms with Crippen molar-refractivity contribution in [2.24, 2.45) is 5.73 Å². The number of primary amides is 1. The summed E-state index contributed by atoms with van der Waals surface area (Å²) in [7, 11) is -3.95. The third kappa shape index (κ3) is 3.69. The van der Waals surface area contributed by atoms with Crippen molar-refractivity contribution in [2.75, 3.05) is 12.3 Å². The number of amides is 1. The van der Waals surface area contributed by atoms with E-state index >= 15 is 0 Å². The minimum atomic E-state index is -3.95. The molecule has 0 bridgehead atoms. The lowest BCUT2D eigenvalue weighted by molar-refractivity contribution is -0.118. The highest BCUT2D eigenvalue weighted by Crippen LogP contribution is 2.17. The summed E-state index contributed by atoms with van der Waals surface area (Å²) < 4.78 is 25.2. The fourth-order valence-electron chi connectivity index (χ4n) is 1.57. The van der Waals surface area contributed by atoms with E-state index in [1.165, 1.54) is 6.92 Å². The normalized spacial score (nSPS) is 12.8. The summed E-state index contributed by atoms with van der Waals surface area (Å²) in [5, 5.41) is 7.51. The number of hydrogen-bond acceptors (Lipinski definition) is 5. The third-order valence-corrected chi connectivity index (χ3v) is 4.70. The van der Waals surface area contributed by atoms with Crippen LogP contribution in [0, 0.1) is 11.3 Å². The zero-order valence-electron chi connectivity index (χ0n) is 11.0. The van der Waals surface area contributed by atoms with E-state index in [0.717, 1.165) is 4.31 Å². The SMILES string of the molecule is CC(C#N)S(=O)(=O)N(CC(N)=O)Cc1ccccc1N. The number of nitrogen functional groups attached to an aromatic ring is 1. The summed E-state index contributed by atoms with van der Waals surface area (Å²) in [6.07, 6.45) is 0. The summed E-state index contributed by atoms with van der Waals surface area (Å²) in [6, 6.07) is 8.33. The van der Waals surface area contributed by atoms with E-state index in [2.05, 4.69) is 0 Å². The van der Waals surface area contributed by atoms with Crippen LogP contribution >= 0.6 is 0 Å². The first-order chi connectivity index (χ1) is 9.28. The fraction of sp³-hybridized carbons (Fsp3) is 0.333. The van der Waals surface area contributed by atoms with E-state index in [1.807, 2.05) is 0 Å². The number of rotatable bonds is 6. The minimum Gasteiger partial charge on any atom is -0.398 e. The number of carbonyl (C=O) groups is 1. The summed E-state index contributed by atoms with van der Waals surface area (Å²) in [4.78, 5) is 11.0. The molecule has 1 aromatic rings. The number of nitriles is 1. The van der Waals surface area contributed by atoms with Gasteiger partial charge in [0.05, 0.1) is 12.6 Å². The largest absolute Gasteiger partial charge is 0.398 e. The molecular weight excluding hydrogens is 280 g/mol. The maximum absolute atomic E-state index is 12.2. The lowest BCUT2D eigenvalue weighted by Gasteiger charge is -2.22. The molecule has 4 N–H and O–H groups in total. The number of benzene rings is 1. The van der Waals surface area contributed by atoms with Crippen molar-refractivity contribution in [3.63, 3.8) is 0 Å². The first kappa shape index (κ1) is 15.9. The number of hydrogen-bond donors (Lipinski definition) is 2. The predicted molar refractivity (Wildman–Crippen MR) is 74.5 cm³/mol. The number of nitrogens with two attached hydrogens (primary N) is 2. The maximum atomic E-state index is 12.2. The topological polar surface area (TPSA) is 130 Å². The van der Waals surface area contributed by atoms with Crippen LogP contribution in [0.25, 0.3) is 0 Å². The van der Waals surface area contributed by atoms with Crippen LogP contribution in [0.2, 0.25) is 0 Å². The van der Waals surface area contributed by atoms with Crippen LogP contribution in [-0.2, 0) is 21.4 Å². The zero-order valence-corrected chi connectivity index (χ0v) is 11.8. The molecule has 0 aliphatic heterocycles. The van der Waals surface area contributed by atoms with Crippen LogP contribution in [0.5, 0.6) is 0 Å². The number of sulfonamides is 1. The number of carbonyl (C=O) groups excluding carboxylic acids is 1. The van der Waals surface area contributed by atoms with Gasteiger partial charge in [0.25, 0.3) is 0 Å². The summed E-state index contributed by atoms with van der Waals surface area (Å²) in [5.74, 6) is -0.798. The number of nitrogens with zero attached hydrogens (tertiary/aromatic N) is 2. The lowest BCUT2D eigenvalue weighted by atomic mass is 10.2. The van der Waals surface area contributed by atoms with Gasteiger partial charge in [-0.25, -0.2) is 8.42 Å². The average molecular weight is 296 g/mol. The van der Waals surface area contributed by atoms with Crippen molar-refractivity contribution in [1.82, 2.24) is 4.31 Å². The van der Waals surface area contributed by atoms with E-state index in [4.69, 9.17) is 16.7 Å². The molecule has 108 valence electrons. The second kappa shape index (κ2) is 6.36. The molecular formula is C12H16N4O3S. The van der Waals surface area contributed by atoms with Crippen LogP contribution in [0.15, 0.2) is 24.3 Å². The standard InChI is InChI=1S/C12H16N4O3S/c1-9(6-13)20(18,19)16(8-12(15)17)7-10-4-2-3-5-11(10)14/h2-5,9H,7-8,14H2,1H3,(H2,15,17). The van der Waals surface area contributed by atoms with Crippen molar-refractivity contribution in [1.29, 1.82) is 5.26 Å². The van der Waals surface area contributed by atoms with Crippen molar-refractivity contribution in [3.05, 3.63) is 29.8 Å². The highest BCUT2D eigenvalue weighted by atomic mass is 32.2. The van der Waals surface area contributed by atoms with E-state index < -0.39 is 27.7 Å². The van der Waals surface area contributed by atoms with Gasteiger partial charge >= 0.3 is 0 Å². The molecule has 0 heterocycles. The summed E-state index contributed by atoms with van der Waals surface area (Å²) in [5.41, 5.74) is 11.8. The molecule has 1 aromatic carbocycles. The van der Waals surface area contributed by atoms with Crippen LogP contribution < -0.4 is 11.5 Å². The summed E-state index contributed by atoms with van der Waals surface area (Å²) in [6.45, 7) is 0.643. The first-order valence-corrected chi connectivity index (χ1v) is 7.29. The highest BCUT2D eigenvalue weighted by molar-refractivity contribution is 7.89. The Bertz CT molecular complexity index is 636. The van der Waals surface area contributed by atoms with Gasteiger partial charge in [0.2, 0.25) is 15.9 Å². The quantitative estimate of drug-likeness (QED) is 0.702. The van der Waals surface area contributed by atoms with Crippen molar-refractivity contribution >= 4 is 21.6 Å². The Hall–Kier alpha value is -2.11. The van der Waals surface area contributed by atoms with Gasteiger partial charge in [-0.1, -0.05) is 18.2 Å². The predicted octanol–water partition coefficient (Wildman–Crippen LogP) is -0.202. The molecule has 8 heteroatoms. The molecule has 0 fully saturated rings. The Morgan fingerprint density at radius 2 is 2.05 bits per heavy atom. The number of para-hydroxylation sites is 1. The molecule has 0 saturated carbocycles. The lowest BCUT2D eigenvalue weighted by Crippen LogP contribution is -2.41.